The largest absolute Gasteiger partial charge is 0.298 e. The molecule has 0 bridgehead atoms. The van der Waals surface area contributed by atoms with E-state index in [2.05, 4.69) is 58.2 Å². The van der Waals surface area contributed by atoms with Gasteiger partial charge in [-0.2, -0.15) is 5.26 Å². The van der Waals surface area contributed by atoms with Gasteiger partial charge in [0.25, 0.3) is 0 Å². The smallest absolute Gasteiger partial charge is 0.173 e. The van der Waals surface area contributed by atoms with Crippen molar-refractivity contribution in [2.75, 3.05) is 26.2 Å². The van der Waals surface area contributed by atoms with Crippen molar-refractivity contribution in [2.24, 2.45) is 0 Å². The summed E-state index contributed by atoms with van der Waals surface area (Å²) >= 11 is 0. The van der Waals surface area contributed by atoms with Crippen LogP contribution >= 0.6 is 0 Å². The molecule has 0 spiro atoms. The van der Waals surface area contributed by atoms with Crippen molar-refractivity contribution in [2.45, 2.75) is 51.2 Å². The Hall–Kier alpha value is -2.30. The highest BCUT2D eigenvalue weighted by molar-refractivity contribution is 5.36. The van der Waals surface area contributed by atoms with Crippen LogP contribution < -0.4 is 0 Å². The molecular weight excluding hydrogens is 338 g/mol. The van der Waals surface area contributed by atoms with Crippen molar-refractivity contribution < 1.29 is 0 Å². The normalized spacial score (nSPS) is 22.4. The molecule has 0 amide bonds. The fourth-order valence-electron chi connectivity index (χ4n) is 4.39. The summed E-state index contributed by atoms with van der Waals surface area (Å²) in [6.07, 6.45) is 2.54. The third kappa shape index (κ3) is 3.47. The predicted molar refractivity (Wildman–Crippen MR) is 102 cm³/mol. The lowest BCUT2D eigenvalue weighted by molar-refractivity contribution is 0.0776. The molecule has 2 aliphatic rings. The Bertz CT molecular complexity index is 845. The number of aromatic nitrogens is 4. The SMILES string of the molecule is CC(C)(C)n1nnnc1[C@H](c1cccc(C#N)c1)N1CCN2CCC[C@@H]2C1. The first-order valence-electron chi connectivity index (χ1n) is 9.74. The summed E-state index contributed by atoms with van der Waals surface area (Å²) in [5, 5.41) is 22.1. The maximum atomic E-state index is 9.38. The molecule has 2 saturated heterocycles. The number of nitriles is 1. The van der Waals surface area contributed by atoms with E-state index >= 15 is 0 Å². The average molecular weight is 365 g/mol. The van der Waals surface area contributed by atoms with E-state index in [1.807, 2.05) is 22.9 Å². The molecule has 0 saturated carbocycles. The van der Waals surface area contributed by atoms with Crippen molar-refractivity contribution >= 4 is 0 Å². The zero-order chi connectivity index (χ0) is 19.0. The van der Waals surface area contributed by atoms with Crippen LogP contribution in [0, 0.1) is 11.3 Å². The van der Waals surface area contributed by atoms with E-state index in [1.54, 1.807) is 0 Å². The predicted octanol–water partition coefficient (Wildman–Crippen LogP) is 2.17. The van der Waals surface area contributed by atoms with Crippen molar-refractivity contribution in [3.63, 3.8) is 0 Å². The summed E-state index contributed by atoms with van der Waals surface area (Å²) < 4.78 is 1.93. The summed E-state index contributed by atoms with van der Waals surface area (Å²) in [6.45, 7) is 10.6. The minimum atomic E-state index is -0.209. The number of nitrogens with zero attached hydrogens (tertiary/aromatic N) is 7. The Morgan fingerprint density at radius 3 is 2.85 bits per heavy atom. The highest BCUT2D eigenvalue weighted by atomic mass is 15.6. The van der Waals surface area contributed by atoms with E-state index in [0.29, 0.717) is 11.6 Å². The first kappa shape index (κ1) is 18.1. The van der Waals surface area contributed by atoms with E-state index in [9.17, 15) is 5.26 Å². The lowest BCUT2D eigenvalue weighted by atomic mass is 9.99. The van der Waals surface area contributed by atoms with Gasteiger partial charge in [0.1, 0.15) is 0 Å². The quantitative estimate of drug-likeness (QED) is 0.830. The minimum Gasteiger partial charge on any atom is -0.298 e. The molecule has 3 heterocycles. The number of rotatable bonds is 3. The Labute approximate surface area is 160 Å². The molecule has 4 rings (SSSR count). The van der Waals surface area contributed by atoms with Crippen LogP contribution in [0.2, 0.25) is 0 Å². The number of hydrogen-bond acceptors (Lipinski definition) is 6. The monoisotopic (exact) mass is 365 g/mol. The molecule has 0 aliphatic carbocycles. The van der Waals surface area contributed by atoms with E-state index < -0.39 is 0 Å². The maximum absolute atomic E-state index is 9.38. The van der Waals surface area contributed by atoms with Gasteiger partial charge in [-0.05, 0) is 68.3 Å². The first-order chi connectivity index (χ1) is 13.0. The number of tetrazole rings is 1. The van der Waals surface area contributed by atoms with Gasteiger partial charge in [0.05, 0.1) is 23.2 Å². The second-order valence-corrected chi connectivity index (χ2v) is 8.59. The van der Waals surface area contributed by atoms with E-state index in [-0.39, 0.29) is 11.6 Å². The molecule has 2 atom stereocenters. The summed E-state index contributed by atoms with van der Waals surface area (Å²) in [5.41, 5.74) is 1.55. The molecule has 0 N–H and O–H groups in total. The van der Waals surface area contributed by atoms with Gasteiger partial charge in [-0.15, -0.1) is 5.10 Å². The molecule has 0 radical (unpaired) electrons. The van der Waals surface area contributed by atoms with Crippen molar-refractivity contribution in [1.82, 2.24) is 30.0 Å². The zero-order valence-corrected chi connectivity index (χ0v) is 16.3. The Kier molecular flexibility index (Phi) is 4.70. The molecule has 0 unspecified atom stereocenters. The third-order valence-corrected chi connectivity index (χ3v) is 5.69. The second kappa shape index (κ2) is 7.02. The maximum Gasteiger partial charge on any atom is 0.173 e. The Balaban J connectivity index is 1.76. The molecule has 27 heavy (non-hydrogen) atoms. The van der Waals surface area contributed by atoms with Crippen LogP contribution in [0.15, 0.2) is 24.3 Å². The number of fused-ring (bicyclic) bond motifs is 1. The van der Waals surface area contributed by atoms with Crippen molar-refractivity contribution in [1.29, 1.82) is 5.26 Å². The average Bonchev–Trinajstić information content (AvgIpc) is 3.31. The Morgan fingerprint density at radius 2 is 2.07 bits per heavy atom. The minimum absolute atomic E-state index is 0.0460. The topological polar surface area (TPSA) is 73.9 Å². The first-order valence-corrected chi connectivity index (χ1v) is 9.74. The van der Waals surface area contributed by atoms with Gasteiger partial charge in [0, 0.05) is 25.7 Å². The Morgan fingerprint density at radius 1 is 1.22 bits per heavy atom. The standard InChI is InChI=1S/C20H27N7/c1-20(2,3)27-19(22-23-24-27)18(16-7-4-6-15(12-16)13-21)26-11-10-25-9-5-8-17(25)14-26/h4,6-7,12,17-18H,5,8-11,14H2,1-3H3/t17-,18+/m1/s1. The van der Waals surface area contributed by atoms with Gasteiger partial charge in [-0.25, -0.2) is 4.68 Å². The zero-order valence-electron chi connectivity index (χ0n) is 16.3. The molecule has 1 aromatic carbocycles. The summed E-state index contributed by atoms with van der Waals surface area (Å²) in [6, 6.07) is 10.7. The van der Waals surface area contributed by atoms with Gasteiger partial charge in [-0.1, -0.05) is 12.1 Å². The molecule has 7 nitrogen and oxygen atoms in total. The van der Waals surface area contributed by atoms with Gasteiger partial charge < -0.3 is 0 Å². The molecule has 2 aliphatic heterocycles. The summed E-state index contributed by atoms with van der Waals surface area (Å²) in [4.78, 5) is 5.10. The molecule has 2 aromatic rings. The van der Waals surface area contributed by atoms with E-state index in [1.165, 1.54) is 19.4 Å². The van der Waals surface area contributed by atoms with Gasteiger partial charge in [0.15, 0.2) is 5.82 Å². The lowest BCUT2D eigenvalue weighted by Crippen LogP contribution is -2.51. The van der Waals surface area contributed by atoms with Crippen LogP contribution in [0.1, 0.15) is 56.6 Å². The molecule has 7 heteroatoms. The van der Waals surface area contributed by atoms with Crippen LogP contribution in [0.25, 0.3) is 0 Å². The lowest BCUT2D eigenvalue weighted by Gasteiger charge is -2.41. The van der Waals surface area contributed by atoms with Crippen LogP contribution in [-0.2, 0) is 5.54 Å². The van der Waals surface area contributed by atoms with Gasteiger partial charge in [0.2, 0.25) is 0 Å². The molecule has 1 aromatic heterocycles. The van der Waals surface area contributed by atoms with Gasteiger partial charge >= 0.3 is 0 Å². The second-order valence-electron chi connectivity index (χ2n) is 8.59. The van der Waals surface area contributed by atoms with Crippen LogP contribution in [0.4, 0.5) is 0 Å². The van der Waals surface area contributed by atoms with Crippen LogP contribution in [0.5, 0.6) is 0 Å². The fourth-order valence-corrected chi connectivity index (χ4v) is 4.39. The van der Waals surface area contributed by atoms with E-state index in [4.69, 9.17) is 0 Å². The summed E-state index contributed by atoms with van der Waals surface area (Å²) in [5.74, 6) is 0.851. The third-order valence-electron chi connectivity index (χ3n) is 5.69. The number of hydrogen-bond donors (Lipinski definition) is 0. The highest BCUT2D eigenvalue weighted by Crippen LogP contribution is 2.33. The highest BCUT2D eigenvalue weighted by Gasteiger charge is 2.37. The number of piperazine rings is 1. The molecular formula is C20H27N7. The van der Waals surface area contributed by atoms with Crippen LogP contribution in [-0.4, -0.2) is 62.2 Å². The van der Waals surface area contributed by atoms with Gasteiger partial charge in [-0.3, -0.25) is 9.80 Å². The number of benzene rings is 1. The van der Waals surface area contributed by atoms with Crippen LogP contribution in [0.3, 0.4) is 0 Å². The van der Waals surface area contributed by atoms with Crippen molar-refractivity contribution in [3.8, 4) is 6.07 Å². The molecule has 2 fully saturated rings. The van der Waals surface area contributed by atoms with Crippen molar-refractivity contribution in [3.05, 3.63) is 41.2 Å². The summed E-state index contributed by atoms with van der Waals surface area (Å²) in [7, 11) is 0. The fraction of sp³-hybridized carbons (Fsp3) is 0.600. The van der Waals surface area contributed by atoms with E-state index in [0.717, 1.165) is 31.0 Å². The molecule has 142 valence electrons.